The average Bonchev–Trinajstić information content (AvgIpc) is 2.83. The van der Waals surface area contributed by atoms with Crippen molar-refractivity contribution in [3.63, 3.8) is 0 Å². The van der Waals surface area contributed by atoms with Gasteiger partial charge in [0.25, 0.3) is 0 Å². The Hall–Kier alpha value is -3.60. The van der Waals surface area contributed by atoms with Crippen LogP contribution >= 0.6 is 0 Å². The van der Waals surface area contributed by atoms with Gasteiger partial charge in [-0.2, -0.15) is 0 Å². The highest BCUT2D eigenvalue weighted by Gasteiger charge is 2.23. The van der Waals surface area contributed by atoms with Crippen molar-refractivity contribution in [1.29, 1.82) is 0 Å². The molecule has 1 N–H and O–H groups in total. The zero-order valence-electron chi connectivity index (χ0n) is 18.4. The van der Waals surface area contributed by atoms with Crippen molar-refractivity contribution in [2.45, 2.75) is 38.5 Å². The predicted molar refractivity (Wildman–Crippen MR) is 128 cm³/mol. The fourth-order valence-electron chi connectivity index (χ4n) is 4.55. The molecule has 0 saturated carbocycles. The summed E-state index contributed by atoms with van der Waals surface area (Å²) < 4.78 is 13.8. The number of benzene rings is 2. The molecule has 1 unspecified atom stereocenters. The standard InChI is InChI=1S/C28H26FN3O/c29-22-13-14-23-21(18-22)12-16-24-27(23)30-25(15-11-19-7-3-1-4-8-19)28(31-24)32-26(33)17-20-9-5-2-6-10-20/h1-7,9-10,13-14,18-19H,8,11-12,15-17H2,(H,31,32,33). The fourth-order valence-corrected chi connectivity index (χ4v) is 4.55. The minimum atomic E-state index is -0.229. The number of halogens is 1. The van der Waals surface area contributed by atoms with Crippen LogP contribution in [0.3, 0.4) is 0 Å². The van der Waals surface area contributed by atoms with Crippen LogP contribution in [-0.4, -0.2) is 15.9 Å². The van der Waals surface area contributed by atoms with Crippen molar-refractivity contribution < 1.29 is 9.18 Å². The van der Waals surface area contributed by atoms with E-state index < -0.39 is 0 Å². The number of amides is 1. The van der Waals surface area contributed by atoms with Gasteiger partial charge in [-0.3, -0.25) is 4.79 Å². The van der Waals surface area contributed by atoms with Gasteiger partial charge in [-0.05, 0) is 67.3 Å². The Morgan fingerprint density at radius 2 is 1.94 bits per heavy atom. The molecule has 0 saturated heterocycles. The summed E-state index contributed by atoms with van der Waals surface area (Å²) in [5.41, 5.74) is 5.31. The van der Waals surface area contributed by atoms with Crippen molar-refractivity contribution in [3.05, 3.63) is 101 Å². The third-order valence-corrected chi connectivity index (χ3v) is 6.28. The summed E-state index contributed by atoms with van der Waals surface area (Å²) >= 11 is 0. The summed E-state index contributed by atoms with van der Waals surface area (Å²) in [4.78, 5) is 22.6. The third kappa shape index (κ3) is 4.92. The molecule has 166 valence electrons. The van der Waals surface area contributed by atoms with E-state index in [2.05, 4.69) is 29.6 Å². The molecule has 0 spiro atoms. The minimum absolute atomic E-state index is 0.101. The Kier molecular flexibility index (Phi) is 6.11. The molecule has 4 nitrogen and oxygen atoms in total. The van der Waals surface area contributed by atoms with E-state index in [-0.39, 0.29) is 18.1 Å². The zero-order chi connectivity index (χ0) is 22.6. The monoisotopic (exact) mass is 439 g/mol. The number of aryl methyl sites for hydroxylation is 3. The molecule has 3 aromatic rings. The predicted octanol–water partition coefficient (Wildman–Crippen LogP) is 5.63. The smallest absolute Gasteiger partial charge is 0.229 e. The molecular weight excluding hydrogens is 413 g/mol. The number of anilines is 1. The summed E-state index contributed by atoms with van der Waals surface area (Å²) in [6.45, 7) is 0. The maximum Gasteiger partial charge on any atom is 0.229 e. The molecule has 1 aromatic heterocycles. The van der Waals surface area contributed by atoms with E-state index in [9.17, 15) is 9.18 Å². The SMILES string of the molecule is O=C(Cc1ccccc1)Nc1nc2c(nc1CCC1C=CC=CC1)-c1ccc(F)cc1CC2. The maximum atomic E-state index is 13.8. The molecule has 0 radical (unpaired) electrons. The molecule has 1 heterocycles. The van der Waals surface area contributed by atoms with Gasteiger partial charge in [0.05, 0.1) is 23.5 Å². The number of hydrogen-bond acceptors (Lipinski definition) is 3. The Bertz CT molecular complexity index is 1230. The molecule has 33 heavy (non-hydrogen) atoms. The molecule has 5 heteroatoms. The van der Waals surface area contributed by atoms with Gasteiger partial charge in [-0.25, -0.2) is 14.4 Å². The summed E-state index contributed by atoms with van der Waals surface area (Å²) in [6.07, 6.45) is 12.9. The Morgan fingerprint density at radius 3 is 2.76 bits per heavy atom. The molecule has 0 bridgehead atoms. The topological polar surface area (TPSA) is 54.9 Å². The lowest BCUT2D eigenvalue weighted by atomic mass is 9.91. The van der Waals surface area contributed by atoms with Gasteiger partial charge in [-0.1, -0.05) is 54.6 Å². The summed E-state index contributed by atoms with van der Waals surface area (Å²) in [5.74, 6) is 0.667. The first kappa shape index (κ1) is 21.3. The second kappa shape index (κ2) is 9.49. The van der Waals surface area contributed by atoms with Gasteiger partial charge in [0.1, 0.15) is 5.82 Å². The number of rotatable bonds is 6. The number of aromatic nitrogens is 2. The Labute approximate surface area is 193 Å². The fraction of sp³-hybridized carbons (Fsp3) is 0.250. The molecular formula is C28H26FN3O. The van der Waals surface area contributed by atoms with E-state index in [0.29, 0.717) is 31.0 Å². The maximum absolute atomic E-state index is 13.8. The van der Waals surface area contributed by atoms with Crippen molar-refractivity contribution >= 4 is 11.7 Å². The van der Waals surface area contributed by atoms with Gasteiger partial charge in [0.15, 0.2) is 5.82 Å². The lowest BCUT2D eigenvalue weighted by molar-refractivity contribution is -0.115. The van der Waals surface area contributed by atoms with Crippen LogP contribution in [0.5, 0.6) is 0 Å². The summed E-state index contributed by atoms with van der Waals surface area (Å²) in [5, 5.41) is 3.03. The first-order chi connectivity index (χ1) is 16.2. The van der Waals surface area contributed by atoms with Crippen molar-refractivity contribution in [2.75, 3.05) is 5.32 Å². The van der Waals surface area contributed by atoms with Crippen LogP contribution in [0.25, 0.3) is 11.3 Å². The van der Waals surface area contributed by atoms with E-state index in [1.807, 2.05) is 30.3 Å². The molecule has 0 fully saturated rings. The van der Waals surface area contributed by atoms with Gasteiger partial charge >= 0.3 is 0 Å². The lowest BCUT2D eigenvalue weighted by Crippen LogP contribution is -2.20. The largest absolute Gasteiger partial charge is 0.309 e. The van der Waals surface area contributed by atoms with Crippen molar-refractivity contribution in [3.8, 4) is 11.3 Å². The molecule has 5 rings (SSSR count). The van der Waals surface area contributed by atoms with E-state index in [0.717, 1.165) is 46.6 Å². The van der Waals surface area contributed by atoms with Crippen LogP contribution in [0.4, 0.5) is 10.2 Å². The molecule has 2 aromatic carbocycles. The molecule has 1 atom stereocenters. The first-order valence-electron chi connectivity index (χ1n) is 11.5. The van der Waals surface area contributed by atoms with Crippen LogP contribution in [0, 0.1) is 11.7 Å². The van der Waals surface area contributed by atoms with E-state index in [4.69, 9.17) is 9.97 Å². The number of allylic oxidation sites excluding steroid dienone is 4. The van der Waals surface area contributed by atoms with Gasteiger partial charge in [-0.15, -0.1) is 0 Å². The Morgan fingerprint density at radius 1 is 1.06 bits per heavy atom. The number of nitrogens with zero attached hydrogens (tertiary/aromatic N) is 2. The number of nitrogens with one attached hydrogen (secondary N) is 1. The summed E-state index contributed by atoms with van der Waals surface area (Å²) in [7, 11) is 0. The highest BCUT2D eigenvalue weighted by atomic mass is 19.1. The number of carbonyl (C=O) groups is 1. The third-order valence-electron chi connectivity index (χ3n) is 6.28. The van der Waals surface area contributed by atoms with Crippen LogP contribution in [0.1, 0.15) is 35.4 Å². The number of carbonyl (C=O) groups excluding carboxylic acids is 1. The second-order valence-electron chi connectivity index (χ2n) is 8.67. The van der Waals surface area contributed by atoms with E-state index >= 15 is 0 Å². The molecule has 1 amide bonds. The van der Waals surface area contributed by atoms with Gasteiger partial charge < -0.3 is 5.32 Å². The summed E-state index contributed by atoms with van der Waals surface area (Å²) in [6, 6.07) is 14.5. The van der Waals surface area contributed by atoms with Gasteiger partial charge in [0.2, 0.25) is 5.91 Å². The molecule has 0 aliphatic heterocycles. The number of fused-ring (bicyclic) bond motifs is 3. The quantitative estimate of drug-likeness (QED) is 0.542. The van der Waals surface area contributed by atoms with Crippen LogP contribution < -0.4 is 5.32 Å². The van der Waals surface area contributed by atoms with Crippen LogP contribution in [-0.2, 0) is 30.5 Å². The van der Waals surface area contributed by atoms with Crippen molar-refractivity contribution in [1.82, 2.24) is 9.97 Å². The molecule has 2 aliphatic carbocycles. The lowest BCUT2D eigenvalue weighted by Gasteiger charge is -2.21. The molecule has 2 aliphatic rings. The normalized spacial score (nSPS) is 16.2. The zero-order valence-corrected chi connectivity index (χ0v) is 18.4. The highest BCUT2D eigenvalue weighted by molar-refractivity contribution is 5.92. The average molecular weight is 440 g/mol. The highest BCUT2D eigenvalue weighted by Crippen LogP contribution is 2.34. The number of hydrogen-bond donors (Lipinski definition) is 1. The van der Waals surface area contributed by atoms with E-state index in [1.165, 1.54) is 6.07 Å². The second-order valence-corrected chi connectivity index (χ2v) is 8.67. The van der Waals surface area contributed by atoms with Crippen LogP contribution in [0.15, 0.2) is 72.8 Å². The van der Waals surface area contributed by atoms with Crippen LogP contribution in [0.2, 0.25) is 0 Å². The minimum Gasteiger partial charge on any atom is -0.309 e. The van der Waals surface area contributed by atoms with Crippen molar-refractivity contribution in [2.24, 2.45) is 5.92 Å². The van der Waals surface area contributed by atoms with Gasteiger partial charge in [0, 0.05) is 5.56 Å². The Balaban J connectivity index is 1.44. The first-order valence-corrected chi connectivity index (χ1v) is 11.5. The van der Waals surface area contributed by atoms with E-state index in [1.54, 1.807) is 12.1 Å².